The van der Waals surface area contributed by atoms with Crippen molar-refractivity contribution in [2.24, 2.45) is 0 Å². The second-order valence-electron chi connectivity index (χ2n) is 6.26. The minimum atomic E-state index is -0.627. The molecule has 6 nitrogen and oxygen atoms in total. The lowest BCUT2D eigenvalue weighted by atomic mass is 9.86. The van der Waals surface area contributed by atoms with E-state index in [0.717, 1.165) is 16.9 Å². The van der Waals surface area contributed by atoms with E-state index in [-0.39, 0.29) is 25.2 Å². The Morgan fingerprint density at radius 2 is 2.08 bits per heavy atom. The fraction of sp³-hybridized carbons (Fsp3) is 0.389. The number of furan rings is 1. The number of likely N-dealkylation sites (tertiary alicyclic amines) is 1. The zero-order valence-electron chi connectivity index (χ0n) is 13.4. The lowest BCUT2D eigenvalue weighted by Gasteiger charge is -2.36. The van der Waals surface area contributed by atoms with Gasteiger partial charge in [0.1, 0.15) is 0 Å². The third-order valence-electron chi connectivity index (χ3n) is 4.75. The van der Waals surface area contributed by atoms with Crippen LogP contribution in [0, 0.1) is 6.92 Å². The van der Waals surface area contributed by atoms with Crippen molar-refractivity contribution in [3.8, 4) is 11.5 Å². The summed E-state index contributed by atoms with van der Waals surface area (Å²) in [6.07, 6.45) is 1.57. The fourth-order valence-electron chi connectivity index (χ4n) is 3.38. The number of carbonyl (C=O) groups excluding carboxylic acids is 1. The molecule has 0 saturated carbocycles. The Balaban J connectivity index is 1.49. The molecular weight excluding hydrogens is 310 g/mol. The average molecular weight is 329 g/mol. The maximum atomic E-state index is 12.5. The van der Waals surface area contributed by atoms with Crippen LogP contribution in [0.3, 0.4) is 0 Å². The maximum absolute atomic E-state index is 12.5. The molecule has 0 bridgehead atoms. The predicted molar refractivity (Wildman–Crippen MR) is 85.3 cm³/mol. The van der Waals surface area contributed by atoms with E-state index in [9.17, 15) is 9.90 Å². The van der Waals surface area contributed by atoms with Crippen LogP contribution in [0.1, 0.15) is 34.0 Å². The van der Waals surface area contributed by atoms with Gasteiger partial charge in [0.2, 0.25) is 6.79 Å². The molecule has 24 heavy (non-hydrogen) atoms. The van der Waals surface area contributed by atoms with Crippen LogP contribution in [0.2, 0.25) is 0 Å². The number of aliphatic hydroxyl groups excluding tert-OH is 1. The number of aryl methyl sites for hydroxylation is 1. The molecule has 1 aromatic heterocycles. The van der Waals surface area contributed by atoms with Crippen LogP contribution in [0.25, 0.3) is 0 Å². The third kappa shape index (κ3) is 2.53. The molecule has 1 fully saturated rings. The van der Waals surface area contributed by atoms with E-state index in [1.54, 1.807) is 11.0 Å². The number of aliphatic hydroxyl groups is 1. The Bertz CT molecular complexity index is 769. The highest BCUT2D eigenvalue weighted by molar-refractivity contribution is 5.93. The first kappa shape index (κ1) is 15.1. The number of fused-ring (bicyclic) bond motifs is 1. The lowest BCUT2D eigenvalue weighted by Crippen LogP contribution is -2.45. The molecule has 1 N–H and O–H groups in total. The first-order valence-electron chi connectivity index (χ1n) is 8.04. The highest BCUT2D eigenvalue weighted by Gasteiger charge is 2.33. The molecule has 1 aromatic carbocycles. The van der Waals surface area contributed by atoms with Gasteiger partial charge in [0.05, 0.1) is 12.4 Å². The Morgan fingerprint density at radius 3 is 2.83 bits per heavy atom. The van der Waals surface area contributed by atoms with E-state index in [1.165, 1.54) is 6.26 Å². The van der Waals surface area contributed by atoms with Crippen LogP contribution in [0.5, 0.6) is 11.5 Å². The quantitative estimate of drug-likeness (QED) is 0.915. The SMILES string of the molecule is Cc1ccoc1C(=O)N1CC[C@@H](c2ccc3c(c2)OCO3)[C@H](O)C1. The van der Waals surface area contributed by atoms with Crippen LogP contribution in [-0.2, 0) is 0 Å². The van der Waals surface area contributed by atoms with Crippen LogP contribution in [0.15, 0.2) is 34.9 Å². The normalized spacial score (nSPS) is 22.7. The van der Waals surface area contributed by atoms with Gasteiger partial charge < -0.3 is 23.9 Å². The Kier molecular flexibility index (Phi) is 3.69. The lowest BCUT2D eigenvalue weighted by molar-refractivity contribution is 0.0359. The van der Waals surface area contributed by atoms with Gasteiger partial charge >= 0.3 is 0 Å². The van der Waals surface area contributed by atoms with Gasteiger partial charge in [-0.2, -0.15) is 0 Å². The smallest absolute Gasteiger partial charge is 0.289 e. The molecule has 0 spiro atoms. The summed E-state index contributed by atoms with van der Waals surface area (Å²) < 4.78 is 16.0. The van der Waals surface area contributed by atoms with Gasteiger partial charge in [0.15, 0.2) is 17.3 Å². The number of piperidine rings is 1. The number of ether oxygens (including phenoxy) is 2. The molecule has 0 radical (unpaired) electrons. The van der Waals surface area contributed by atoms with E-state index in [1.807, 2.05) is 25.1 Å². The molecule has 126 valence electrons. The number of nitrogens with zero attached hydrogens (tertiary/aromatic N) is 1. The molecule has 2 aliphatic rings. The molecule has 2 atom stereocenters. The van der Waals surface area contributed by atoms with E-state index in [4.69, 9.17) is 13.9 Å². The van der Waals surface area contributed by atoms with E-state index in [0.29, 0.717) is 24.5 Å². The van der Waals surface area contributed by atoms with E-state index < -0.39 is 6.10 Å². The van der Waals surface area contributed by atoms with Crippen LogP contribution in [-0.4, -0.2) is 41.9 Å². The summed E-state index contributed by atoms with van der Waals surface area (Å²) in [5.41, 5.74) is 1.82. The first-order chi connectivity index (χ1) is 11.6. The monoisotopic (exact) mass is 329 g/mol. The van der Waals surface area contributed by atoms with E-state index in [2.05, 4.69) is 0 Å². The second kappa shape index (κ2) is 5.87. The van der Waals surface area contributed by atoms with Crippen LogP contribution >= 0.6 is 0 Å². The number of carbonyl (C=O) groups is 1. The molecular formula is C18H19NO5. The third-order valence-corrected chi connectivity index (χ3v) is 4.75. The van der Waals surface area contributed by atoms with Gasteiger partial charge in [-0.1, -0.05) is 6.07 Å². The summed E-state index contributed by atoms with van der Waals surface area (Å²) >= 11 is 0. The summed E-state index contributed by atoms with van der Waals surface area (Å²) in [5, 5.41) is 10.6. The van der Waals surface area contributed by atoms with Crippen molar-refractivity contribution in [3.05, 3.63) is 47.4 Å². The second-order valence-corrected chi connectivity index (χ2v) is 6.26. The fourth-order valence-corrected chi connectivity index (χ4v) is 3.38. The molecule has 6 heteroatoms. The van der Waals surface area contributed by atoms with Crippen molar-refractivity contribution in [2.45, 2.75) is 25.4 Å². The highest BCUT2D eigenvalue weighted by Crippen LogP contribution is 2.37. The molecule has 4 rings (SSSR count). The first-order valence-corrected chi connectivity index (χ1v) is 8.04. The van der Waals surface area contributed by atoms with Crippen LogP contribution < -0.4 is 9.47 Å². The number of amides is 1. The van der Waals surface area contributed by atoms with Crippen molar-refractivity contribution in [3.63, 3.8) is 0 Å². The summed E-state index contributed by atoms with van der Waals surface area (Å²) in [6, 6.07) is 7.51. The summed E-state index contributed by atoms with van der Waals surface area (Å²) in [6.45, 7) is 2.94. The summed E-state index contributed by atoms with van der Waals surface area (Å²) in [7, 11) is 0. The van der Waals surface area contributed by atoms with Gasteiger partial charge in [-0.25, -0.2) is 0 Å². The number of β-amino-alcohol motifs (C(OH)–C–C–N with tert-alkyl or cyclic N) is 1. The molecule has 1 amide bonds. The van der Waals surface area contributed by atoms with Crippen LogP contribution in [0.4, 0.5) is 0 Å². The number of hydrogen-bond donors (Lipinski definition) is 1. The maximum Gasteiger partial charge on any atom is 0.289 e. The number of benzene rings is 1. The summed E-state index contributed by atoms with van der Waals surface area (Å²) in [5.74, 6) is 1.60. The van der Waals surface area contributed by atoms with Crippen molar-refractivity contribution in [1.29, 1.82) is 0 Å². The van der Waals surface area contributed by atoms with Crippen molar-refractivity contribution in [2.75, 3.05) is 19.9 Å². The Morgan fingerprint density at radius 1 is 1.25 bits per heavy atom. The Hall–Kier alpha value is -2.47. The van der Waals surface area contributed by atoms with Gasteiger partial charge in [0, 0.05) is 24.6 Å². The Labute approximate surface area is 139 Å². The van der Waals surface area contributed by atoms with E-state index >= 15 is 0 Å². The molecule has 3 heterocycles. The highest BCUT2D eigenvalue weighted by atomic mass is 16.7. The average Bonchev–Trinajstić information content (AvgIpc) is 3.22. The standard InChI is InChI=1S/C18H19NO5/c1-11-5-7-22-17(11)18(21)19-6-4-13(14(20)9-19)12-2-3-15-16(8-12)24-10-23-15/h2-3,5,7-8,13-14,20H,4,6,9-10H2,1H3/t13-,14+/m0/s1. The number of rotatable bonds is 2. The van der Waals surface area contributed by atoms with Gasteiger partial charge in [-0.05, 0) is 37.1 Å². The van der Waals surface area contributed by atoms with Crippen molar-refractivity contribution >= 4 is 5.91 Å². The minimum Gasteiger partial charge on any atom is -0.459 e. The van der Waals surface area contributed by atoms with Crippen molar-refractivity contribution in [1.82, 2.24) is 4.90 Å². The molecule has 2 aromatic rings. The topological polar surface area (TPSA) is 72.1 Å². The summed E-state index contributed by atoms with van der Waals surface area (Å²) in [4.78, 5) is 14.2. The molecule has 1 saturated heterocycles. The molecule has 2 aliphatic heterocycles. The zero-order valence-corrected chi connectivity index (χ0v) is 13.4. The largest absolute Gasteiger partial charge is 0.459 e. The number of hydrogen-bond acceptors (Lipinski definition) is 5. The van der Waals surface area contributed by atoms with Gasteiger partial charge in [0.25, 0.3) is 5.91 Å². The molecule has 0 unspecified atom stereocenters. The predicted octanol–water partition coefficient (Wildman–Crippen LogP) is 2.31. The minimum absolute atomic E-state index is 0.0266. The van der Waals surface area contributed by atoms with Crippen molar-refractivity contribution < 1.29 is 23.8 Å². The zero-order chi connectivity index (χ0) is 16.7. The van der Waals surface area contributed by atoms with Gasteiger partial charge in [-0.3, -0.25) is 4.79 Å². The molecule has 0 aliphatic carbocycles. The van der Waals surface area contributed by atoms with Gasteiger partial charge in [-0.15, -0.1) is 0 Å².